The number of nitrogens with one attached hydrogen (secondary N) is 1. The Bertz CT molecular complexity index is 700. The maximum atomic E-state index is 12.5. The van der Waals surface area contributed by atoms with Gasteiger partial charge < -0.3 is 10.1 Å². The first kappa shape index (κ1) is 18.2. The number of fused-ring (bicyclic) bond motifs is 1. The van der Waals surface area contributed by atoms with Crippen LogP contribution in [0.25, 0.3) is 0 Å². The van der Waals surface area contributed by atoms with Crippen LogP contribution in [0.4, 0.5) is 0 Å². The summed E-state index contributed by atoms with van der Waals surface area (Å²) in [5.41, 5.74) is 1.15. The van der Waals surface area contributed by atoms with E-state index >= 15 is 0 Å². The predicted molar refractivity (Wildman–Crippen MR) is 96.4 cm³/mol. The summed E-state index contributed by atoms with van der Waals surface area (Å²) >= 11 is 0. The van der Waals surface area contributed by atoms with Gasteiger partial charge in [-0.05, 0) is 38.8 Å². The molecular weight excluding hydrogens is 332 g/mol. The van der Waals surface area contributed by atoms with Crippen molar-refractivity contribution in [3.63, 3.8) is 0 Å². The second-order valence-electron chi connectivity index (χ2n) is 6.83. The van der Waals surface area contributed by atoms with Crippen molar-refractivity contribution in [1.29, 1.82) is 0 Å². The van der Waals surface area contributed by atoms with Crippen molar-refractivity contribution in [2.24, 2.45) is 11.8 Å². The highest BCUT2D eigenvalue weighted by Gasteiger charge is 2.49. The monoisotopic (exact) mass is 356 g/mol. The number of likely N-dealkylation sites (tertiary alicyclic amines) is 1. The molecule has 0 bridgehead atoms. The number of allylic oxidation sites excluding steroid dienone is 2. The summed E-state index contributed by atoms with van der Waals surface area (Å²) in [7, 11) is 0. The van der Waals surface area contributed by atoms with Gasteiger partial charge in [-0.25, -0.2) is 0 Å². The molecule has 1 aromatic carbocycles. The van der Waals surface area contributed by atoms with Crippen LogP contribution in [0.5, 0.6) is 5.75 Å². The fraction of sp³-hybridized carbons (Fsp3) is 0.450. The molecule has 0 radical (unpaired) electrons. The molecule has 0 saturated carbocycles. The smallest absolute Gasteiger partial charge is 0.243 e. The predicted octanol–water partition coefficient (Wildman–Crippen LogP) is 1.83. The Hall–Kier alpha value is -2.63. The standard InChI is InChI=1S/C20H24N2O4/c1-13-7-9-15(10-8-13)26-12-11-21-18(23)14(2)22-19(24)16-5-3-4-6-17(16)20(22)25/h3-4,7-10,14,16-17H,5-6,11-12H2,1-2H3,(H,21,23). The van der Waals surface area contributed by atoms with Gasteiger partial charge in [0.2, 0.25) is 17.7 Å². The van der Waals surface area contributed by atoms with E-state index in [4.69, 9.17) is 4.74 Å². The molecule has 2 aliphatic rings. The minimum absolute atomic E-state index is 0.233. The van der Waals surface area contributed by atoms with E-state index in [1.807, 2.05) is 43.3 Å². The quantitative estimate of drug-likeness (QED) is 0.479. The fourth-order valence-corrected chi connectivity index (χ4v) is 3.45. The number of nitrogens with zero attached hydrogens (tertiary/aromatic N) is 1. The summed E-state index contributed by atoms with van der Waals surface area (Å²) in [6.07, 6.45) is 5.01. The Morgan fingerprint density at radius 3 is 2.31 bits per heavy atom. The van der Waals surface area contributed by atoms with Gasteiger partial charge in [-0.1, -0.05) is 29.8 Å². The average molecular weight is 356 g/mol. The number of benzene rings is 1. The molecule has 3 unspecified atom stereocenters. The van der Waals surface area contributed by atoms with E-state index in [2.05, 4.69) is 5.32 Å². The van der Waals surface area contributed by atoms with E-state index in [9.17, 15) is 14.4 Å². The highest BCUT2D eigenvalue weighted by molar-refractivity contribution is 6.08. The Labute approximate surface area is 153 Å². The molecule has 3 rings (SSSR count). The molecule has 3 amide bonds. The van der Waals surface area contributed by atoms with Crippen molar-refractivity contribution in [3.8, 4) is 5.75 Å². The van der Waals surface area contributed by atoms with Crippen molar-refractivity contribution in [2.45, 2.75) is 32.7 Å². The van der Waals surface area contributed by atoms with Gasteiger partial charge >= 0.3 is 0 Å². The SMILES string of the molecule is Cc1ccc(OCCNC(=O)C(C)N2C(=O)C3CC=CCC3C2=O)cc1. The van der Waals surface area contributed by atoms with Crippen LogP contribution in [0.15, 0.2) is 36.4 Å². The molecule has 1 aliphatic carbocycles. The van der Waals surface area contributed by atoms with Crippen LogP contribution in [0.2, 0.25) is 0 Å². The van der Waals surface area contributed by atoms with Gasteiger partial charge in [0.15, 0.2) is 0 Å². The maximum Gasteiger partial charge on any atom is 0.243 e. The van der Waals surface area contributed by atoms with E-state index in [0.29, 0.717) is 26.0 Å². The van der Waals surface area contributed by atoms with Crippen LogP contribution in [-0.2, 0) is 14.4 Å². The minimum atomic E-state index is -0.806. The molecule has 138 valence electrons. The molecule has 1 aliphatic heterocycles. The molecule has 6 nitrogen and oxygen atoms in total. The summed E-state index contributed by atoms with van der Waals surface area (Å²) in [6, 6.07) is 6.85. The molecule has 1 fully saturated rings. The fourth-order valence-electron chi connectivity index (χ4n) is 3.45. The van der Waals surface area contributed by atoms with E-state index in [-0.39, 0.29) is 29.6 Å². The van der Waals surface area contributed by atoms with Gasteiger partial charge in [-0.3, -0.25) is 19.3 Å². The molecule has 3 atom stereocenters. The first-order valence-corrected chi connectivity index (χ1v) is 8.98. The third-order valence-electron chi connectivity index (χ3n) is 5.00. The molecule has 1 saturated heterocycles. The van der Waals surface area contributed by atoms with E-state index < -0.39 is 6.04 Å². The van der Waals surface area contributed by atoms with Crippen molar-refractivity contribution in [2.75, 3.05) is 13.2 Å². The van der Waals surface area contributed by atoms with Crippen LogP contribution < -0.4 is 10.1 Å². The summed E-state index contributed by atoms with van der Waals surface area (Å²) in [6.45, 7) is 4.22. The van der Waals surface area contributed by atoms with E-state index in [1.54, 1.807) is 6.92 Å². The molecule has 0 aromatic heterocycles. The number of hydrogen-bond acceptors (Lipinski definition) is 4. The average Bonchev–Trinajstić information content (AvgIpc) is 2.90. The first-order valence-electron chi connectivity index (χ1n) is 8.98. The number of carbonyl (C=O) groups is 3. The Balaban J connectivity index is 1.49. The van der Waals surface area contributed by atoms with Crippen LogP contribution in [0, 0.1) is 18.8 Å². The summed E-state index contributed by atoms with van der Waals surface area (Å²) < 4.78 is 5.57. The second-order valence-corrected chi connectivity index (χ2v) is 6.83. The molecule has 0 spiro atoms. The zero-order valence-corrected chi connectivity index (χ0v) is 15.1. The third-order valence-corrected chi connectivity index (χ3v) is 5.00. The van der Waals surface area contributed by atoms with E-state index in [0.717, 1.165) is 16.2 Å². The zero-order valence-electron chi connectivity index (χ0n) is 15.1. The number of rotatable bonds is 6. The lowest BCUT2D eigenvalue weighted by Crippen LogP contribution is -2.49. The maximum absolute atomic E-state index is 12.5. The minimum Gasteiger partial charge on any atom is -0.492 e. The van der Waals surface area contributed by atoms with Gasteiger partial charge in [0, 0.05) is 0 Å². The van der Waals surface area contributed by atoms with Crippen molar-refractivity contribution < 1.29 is 19.1 Å². The Morgan fingerprint density at radius 2 is 1.73 bits per heavy atom. The second kappa shape index (κ2) is 7.72. The largest absolute Gasteiger partial charge is 0.492 e. The molecule has 1 N–H and O–H groups in total. The summed E-state index contributed by atoms with van der Waals surface area (Å²) in [4.78, 5) is 38.5. The van der Waals surface area contributed by atoms with Crippen LogP contribution >= 0.6 is 0 Å². The molecule has 1 heterocycles. The Morgan fingerprint density at radius 1 is 1.15 bits per heavy atom. The van der Waals surface area contributed by atoms with E-state index in [1.165, 1.54) is 0 Å². The van der Waals surface area contributed by atoms with Crippen LogP contribution in [0.3, 0.4) is 0 Å². The van der Waals surface area contributed by atoms with Crippen LogP contribution in [0.1, 0.15) is 25.3 Å². The van der Waals surface area contributed by atoms with Crippen molar-refractivity contribution in [3.05, 3.63) is 42.0 Å². The number of ether oxygens (including phenoxy) is 1. The lowest BCUT2D eigenvalue weighted by atomic mass is 9.85. The van der Waals surface area contributed by atoms with Gasteiger partial charge in [0.25, 0.3) is 0 Å². The highest BCUT2D eigenvalue weighted by atomic mass is 16.5. The molecular formula is C20H24N2O4. The summed E-state index contributed by atoms with van der Waals surface area (Å²) in [5, 5.41) is 2.74. The number of carbonyl (C=O) groups excluding carboxylic acids is 3. The summed E-state index contributed by atoms with van der Waals surface area (Å²) in [5.74, 6) is -0.698. The Kier molecular flexibility index (Phi) is 5.40. The van der Waals surface area contributed by atoms with Gasteiger partial charge in [0.05, 0.1) is 18.4 Å². The number of amides is 3. The topological polar surface area (TPSA) is 75.7 Å². The zero-order chi connectivity index (χ0) is 18.7. The van der Waals surface area contributed by atoms with Gasteiger partial charge in [0.1, 0.15) is 18.4 Å². The lowest BCUT2D eigenvalue weighted by Gasteiger charge is -2.22. The number of imide groups is 1. The highest BCUT2D eigenvalue weighted by Crippen LogP contribution is 2.36. The third kappa shape index (κ3) is 3.64. The number of hydrogen-bond donors (Lipinski definition) is 1. The molecule has 1 aromatic rings. The van der Waals surface area contributed by atoms with Gasteiger partial charge in [-0.2, -0.15) is 0 Å². The lowest BCUT2D eigenvalue weighted by molar-refractivity contribution is -0.147. The number of aryl methyl sites for hydroxylation is 1. The van der Waals surface area contributed by atoms with Crippen LogP contribution in [-0.4, -0.2) is 41.8 Å². The normalized spacial score (nSPS) is 22.9. The van der Waals surface area contributed by atoms with Gasteiger partial charge in [-0.15, -0.1) is 0 Å². The van der Waals surface area contributed by atoms with Crippen molar-refractivity contribution >= 4 is 17.7 Å². The van der Waals surface area contributed by atoms with Crippen molar-refractivity contribution in [1.82, 2.24) is 10.2 Å². The molecule has 26 heavy (non-hydrogen) atoms. The first-order chi connectivity index (χ1) is 12.5. The molecule has 6 heteroatoms.